The van der Waals surface area contributed by atoms with E-state index >= 15 is 0 Å². The van der Waals surface area contributed by atoms with Crippen LogP contribution in [0.1, 0.15) is 252 Å². The molecule has 0 saturated carbocycles. The molecular formula is C61H104O12. The summed E-state index contributed by atoms with van der Waals surface area (Å²) in [5, 5.41) is 31.4. The standard InChI is InChI=1S/C61H104O12/c1-4-7-10-13-16-19-21-23-25-27-29-31-33-36-38-41-44-47-53(62)69-50-52(71-54(63)48-45-42-39-35-18-15-12-9-6-3)51-70-61-59(57(66)56(65)58(73-61)60(67)68)72-55(64)49-46-43-40-37-34-32-30-28-26-24-22-20-17-14-11-8-5-2/h8,11,17,20,23-26,30,32,52,56-59,61,65-66H,4-7,9-10,12-16,18-19,21-22,27-29,31,33-51H2,1-3H3,(H,67,68)/b11-8-,20-17-,25-23-,26-24-,32-30-. The molecule has 12 nitrogen and oxygen atoms in total. The second-order valence-corrected chi connectivity index (χ2v) is 19.9. The second kappa shape index (κ2) is 49.3. The van der Waals surface area contributed by atoms with Gasteiger partial charge in [0.25, 0.3) is 0 Å². The number of carbonyl (C=O) groups is 4. The van der Waals surface area contributed by atoms with Crippen molar-refractivity contribution in [3.8, 4) is 0 Å². The van der Waals surface area contributed by atoms with Crippen LogP contribution in [-0.2, 0) is 42.9 Å². The van der Waals surface area contributed by atoms with Crippen molar-refractivity contribution in [3.63, 3.8) is 0 Å². The third kappa shape index (κ3) is 39.5. The van der Waals surface area contributed by atoms with Crippen molar-refractivity contribution in [1.29, 1.82) is 0 Å². The first-order chi connectivity index (χ1) is 35.6. The Labute approximate surface area is 443 Å². The second-order valence-electron chi connectivity index (χ2n) is 19.9. The smallest absolute Gasteiger partial charge is 0.335 e. The van der Waals surface area contributed by atoms with Crippen LogP contribution in [0.2, 0.25) is 0 Å². The molecule has 1 aliphatic rings. The Morgan fingerprint density at radius 3 is 1.33 bits per heavy atom. The fourth-order valence-corrected chi connectivity index (χ4v) is 8.59. The van der Waals surface area contributed by atoms with E-state index in [4.69, 9.17) is 23.7 Å². The molecule has 0 spiro atoms. The molecule has 420 valence electrons. The van der Waals surface area contributed by atoms with Gasteiger partial charge in [0, 0.05) is 19.3 Å². The summed E-state index contributed by atoms with van der Waals surface area (Å²) in [6, 6.07) is 0. The molecule has 1 heterocycles. The molecule has 0 radical (unpaired) electrons. The number of carboxylic acid groups (broad SMARTS) is 1. The van der Waals surface area contributed by atoms with Crippen LogP contribution >= 0.6 is 0 Å². The fraction of sp³-hybridized carbons (Fsp3) is 0.770. The van der Waals surface area contributed by atoms with Gasteiger partial charge in [-0.1, -0.05) is 210 Å². The number of aliphatic hydroxyl groups excluding tert-OH is 2. The maximum atomic E-state index is 13.1. The normalized spacial score (nSPS) is 18.7. The largest absolute Gasteiger partial charge is 0.479 e. The summed E-state index contributed by atoms with van der Waals surface area (Å²) in [7, 11) is 0. The lowest BCUT2D eigenvalue weighted by Gasteiger charge is -2.40. The van der Waals surface area contributed by atoms with E-state index < -0.39 is 67.3 Å². The van der Waals surface area contributed by atoms with E-state index in [9.17, 15) is 34.5 Å². The van der Waals surface area contributed by atoms with Crippen molar-refractivity contribution in [2.75, 3.05) is 13.2 Å². The van der Waals surface area contributed by atoms with E-state index in [2.05, 4.69) is 81.5 Å². The number of carboxylic acids is 1. The zero-order valence-electron chi connectivity index (χ0n) is 46.1. The summed E-state index contributed by atoms with van der Waals surface area (Å²) in [4.78, 5) is 51.0. The van der Waals surface area contributed by atoms with Gasteiger partial charge < -0.3 is 39.0 Å². The van der Waals surface area contributed by atoms with Crippen LogP contribution in [-0.4, -0.2) is 89.2 Å². The average molecular weight is 1030 g/mol. The number of allylic oxidation sites excluding steroid dienone is 10. The van der Waals surface area contributed by atoms with Crippen molar-refractivity contribution < 1.29 is 58.2 Å². The molecule has 1 aliphatic heterocycles. The monoisotopic (exact) mass is 1030 g/mol. The summed E-state index contributed by atoms with van der Waals surface area (Å²) in [5.41, 5.74) is 0. The molecule has 0 bridgehead atoms. The Balaban J connectivity index is 2.66. The summed E-state index contributed by atoms with van der Waals surface area (Å²) in [6.07, 6.45) is 47.7. The molecule has 1 fully saturated rings. The topological polar surface area (TPSA) is 175 Å². The number of rotatable bonds is 49. The Morgan fingerprint density at radius 1 is 0.466 bits per heavy atom. The van der Waals surface area contributed by atoms with Crippen molar-refractivity contribution in [3.05, 3.63) is 60.8 Å². The minimum Gasteiger partial charge on any atom is -0.479 e. The van der Waals surface area contributed by atoms with Gasteiger partial charge in [0.1, 0.15) is 18.8 Å². The highest BCUT2D eigenvalue weighted by Gasteiger charge is 2.50. The Hall–Kier alpha value is -3.58. The summed E-state index contributed by atoms with van der Waals surface area (Å²) >= 11 is 0. The lowest BCUT2D eigenvalue weighted by Crippen LogP contribution is -2.61. The van der Waals surface area contributed by atoms with Gasteiger partial charge in [0.05, 0.1) is 6.61 Å². The molecule has 0 aromatic heterocycles. The predicted molar refractivity (Wildman–Crippen MR) is 294 cm³/mol. The van der Waals surface area contributed by atoms with Crippen molar-refractivity contribution >= 4 is 23.9 Å². The molecule has 0 amide bonds. The zero-order valence-corrected chi connectivity index (χ0v) is 46.1. The fourth-order valence-electron chi connectivity index (χ4n) is 8.59. The van der Waals surface area contributed by atoms with Gasteiger partial charge in [0.2, 0.25) is 0 Å². The van der Waals surface area contributed by atoms with E-state index in [1.165, 1.54) is 96.3 Å². The molecule has 6 unspecified atom stereocenters. The molecular weight excluding hydrogens is 925 g/mol. The first-order valence-electron chi connectivity index (χ1n) is 29.3. The highest BCUT2D eigenvalue weighted by atomic mass is 16.7. The zero-order chi connectivity index (χ0) is 53.3. The van der Waals surface area contributed by atoms with Gasteiger partial charge in [-0.25, -0.2) is 4.79 Å². The molecule has 3 N–H and O–H groups in total. The highest BCUT2D eigenvalue weighted by Crippen LogP contribution is 2.26. The lowest BCUT2D eigenvalue weighted by molar-refractivity contribution is -0.301. The van der Waals surface area contributed by atoms with Gasteiger partial charge in [0.15, 0.2) is 24.6 Å². The van der Waals surface area contributed by atoms with Gasteiger partial charge in [-0.15, -0.1) is 0 Å². The van der Waals surface area contributed by atoms with Gasteiger partial charge in [-0.3, -0.25) is 14.4 Å². The quantitative estimate of drug-likeness (QED) is 0.0228. The number of unbranched alkanes of at least 4 members (excludes halogenated alkanes) is 25. The van der Waals surface area contributed by atoms with Gasteiger partial charge in [-0.2, -0.15) is 0 Å². The number of esters is 3. The first kappa shape index (κ1) is 67.4. The Bertz CT molecular complexity index is 1500. The Morgan fingerprint density at radius 2 is 0.863 bits per heavy atom. The minimum atomic E-state index is -1.91. The third-order valence-electron chi connectivity index (χ3n) is 13.1. The predicted octanol–water partition coefficient (Wildman–Crippen LogP) is 14.8. The van der Waals surface area contributed by atoms with E-state index in [0.29, 0.717) is 19.3 Å². The van der Waals surface area contributed by atoms with Crippen LogP contribution in [0, 0.1) is 0 Å². The van der Waals surface area contributed by atoms with Crippen LogP contribution in [0.3, 0.4) is 0 Å². The van der Waals surface area contributed by atoms with Crippen molar-refractivity contribution in [2.45, 2.75) is 289 Å². The van der Waals surface area contributed by atoms with Crippen LogP contribution < -0.4 is 0 Å². The number of aliphatic hydroxyl groups is 2. The minimum absolute atomic E-state index is 0.0324. The molecule has 1 saturated heterocycles. The maximum absolute atomic E-state index is 13.1. The molecule has 6 atom stereocenters. The van der Waals surface area contributed by atoms with Crippen LogP contribution in [0.5, 0.6) is 0 Å². The van der Waals surface area contributed by atoms with E-state index in [0.717, 1.165) is 96.3 Å². The number of hydrogen-bond donors (Lipinski definition) is 3. The average Bonchev–Trinajstić information content (AvgIpc) is 3.37. The summed E-state index contributed by atoms with van der Waals surface area (Å²) in [6.45, 7) is 5.84. The van der Waals surface area contributed by atoms with Gasteiger partial charge >= 0.3 is 23.9 Å². The van der Waals surface area contributed by atoms with E-state index in [1.54, 1.807) is 0 Å². The number of ether oxygens (including phenoxy) is 5. The van der Waals surface area contributed by atoms with Gasteiger partial charge in [-0.05, 0) is 83.5 Å². The maximum Gasteiger partial charge on any atom is 0.335 e. The molecule has 0 aliphatic carbocycles. The number of aliphatic carboxylic acids is 1. The summed E-state index contributed by atoms with van der Waals surface area (Å²) in [5.74, 6) is -3.15. The van der Waals surface area contributed by atoms with Crippen molar-refractivity contribution in [1.82, 2.24) is 0 Å². The van der Waals surface area contributed by atoms with Crippen molar-refractivity contribution in [2.24, 2.45) is 0 Å². The Kier molecular flexibility index (Phi) is 45.5. The SMILES string of the molecule is CC/C=C\C/C=C\C/C=C\C/C=C\CCCCCCC(=O)OC1C(OCC(COC(=O)CCCCCCCCC/C=C\CCCCCCCC)OC(=O)CCCCCCCCCCC)OC(C(=O)O)C(O)C1O. The number of carbonyl (C=O) groups excluding carboxylic acids is 3. The first-order valence-corrected chi connectivity index (χ1v) is 29.3. The number of hydrogen-bond acceptors (Lipinski definition) is 11. The molecule has 73 heavy (non-hydrogen) atoms. The van der Waals surface area contributed by atoms with E-state index in [-0.39, 0.29) is 25.9 Å². The molecule has 1 rings (SSSR count). The third-order valence-corrected chi connectivity index (χ3v) is 13.1. The summed E-state index contributed by atoms with van der Waals surface area (Å²) < 4.78 is 28.3. The lowest BCUT2D eigenvalue weighted by atomic mass is 9.98. The van der Waals surface area contributed by atoms with Crippen LogP contribution in [0.4, 0.5) is 0 Å². The van der Waals surface area contributed by atoms with Crippen LogP contribution in [0.25, 0.3) is 0 Å². The van der Waals surface area contributed by atoms with E-state index in [1.807, 2.05) is 0 Å². The highest BCUT2D eigenvalue weighted by molar-refractivity contribution is 5.74. The molecule has 0 aromatic rings. The molecule has 12 heteroatoms. The van der Waals surface area contributed by atoms with Crippen LogP contribution in [0.15, 0.2) is 60.8 Å². The molecule has 0 aromatic carbocycles.